The zero-order valence-corrected chi connectivity index (χ0v) is 13.8. The lowest BCUT2D eigenvalue weighted by Gasteiger charge is -2.48. The molecule has 1 heterocycles. The number of hydroxylamine groups is 2. The number of amides is 1. The second-order valence-corrected chi connectivity index (χ2v) is 6.24. The number of carbonyl (C=O) groups is 1. The van der Waals surface area contributed by atoms with E-state index in [0.717, 1.165) is 16.7 Å². The standard InChI is InChI=1S/C22H19NO2/c24-21-22(19-12-6-2-7-13-19,20-14-8-3-9-15-20)17-23(21)25-16-18-10-4-1-5-11-18/h1-15H,16-17H2. The number of hydrogen-bond donors (Lipinski definition) is 0. The predicted octanol–water partition coefficient (Wildman–Crippen LogP) is 3.95. The van der Waals surface area contributed by atoms with Crippen LogP contribution in [0.4, 0.5) is 0 Å². The van der Waals surface area contributed by atoms with Crippen molar-refractivity contribution in [3.63, 3.8) is 0 Å². The molecule has 0 unspecified atom stereocenters. The monoisotopic (exact) mass is 329 g/mol. The van der Waals surface area contributed by atoms with E-state index in [9.17, 15) is 4.79 Å². The van der Waals surface area contributed by atoms with Crippen molar-refractivity contribution in [3.8, 4) is 0 Å². The van der Waals surface area contributed by atoms with Crippen molar-refractivity contribution in [2.24, 2.45) is 0 Å². The van der Waals surface area contributed by atoms with Gasteiger partial charge in [-0.1, -0.05) is 91.0 Å². The molecule has 0 aromatic heterocycles. The van der Waals surface area contributed by atoms with Gasteiger partial charge in [-0.2, -0.15) is 0 Å². The molecule has 0 atom stereocenters. The molecule has 3 nitrogen and oxygen atoms in total. The second-order valence-electron chi connectivity index (χ2n) is 6.24. The van der Waals surface area contributed by atoms with Gasteiger partial charge in [0.25, 0.3) is 5.91 Å². The van der Waals surface area contributed by atoms with E-state index in [0.29, 0.717) is 13.2 Å². The molecule has 4 rings (SSSR count). The Balaban J connectivity index is 1.59. The smallest absolute Gasteiger partial charge is 0.263 e. The van der Waals surface area contributed by atoms with Crippen molar-refractivity contribution < 1.29 is 9.63 Å². The van der Waals surface area contributed by atoms with Crippen LogP contribution in [0.5, 0.6) is 0 Å². The molecule has 0 N–H and O–H groups in total. The van der Waals surface area contributed by atoms with Gasteiger partial charge in [0.1, 0.15) is 12.0 Å². The first-order valence-corrected chi connectivity index (χ1v) is 8.40. The van der Waals surface area contributed by atoms with Gasteiger partial charge in [0.15, 0.2) is 0 Å². The maximum atomic E-state index is 13.1. The lowest BCUT2D eigenvalue weighted by atomic mass is 9.69. The summed E-state index contributed by atoms with van der Waals surface area (Å²) in [6.07, 6.45) is 0. The van der Waals surface area contributed by atoms with E-state index in [4.69, 9.17) is 4.84 Å². The van der Waals surface area contributed by atoms with Crippen LogP contribution in [0.2, 0.25) is 0 Å². The zero-order valence-electron chi connectivity index (χ0n) is 13.8. The molecule has 0 aliphatic carbocycles. The molecule has 1 aliphatic rings. The Hall–Kier alpha value is -2.91. The molecular formula is C22H19NO2. The van der Waals surface area contributed by atoms with Gasteiger partial charge in [0, 0.05) is 0 Å². The maximum Gasteiger partial charge on any atom is 0.263 e. The molecule has 1 aliphatic heterocycles. The van der Waals surface area contributed by atoms with Crippen molar-refractivity contribution in [3.05, 3.63) is 108 Å². The molecule has 1 fully saturated rings. The van der Waals surface area contributed by atoms with Crippen molar-refractivity contribution >= 4 is 5.91 Å². The van der Waals surface area contributed by atoms with Crippen LogP contribution in [0.15, 0.2) is 91.0 Å². The second kappa shape index (κ2) is 6.54. The summed E-state index contributed by atoms with van der Waals surface area (Å²) >= 11 is 0. The third kappa shape index (κ3) is 2.73. The molecule has 1 saturated heterocycles. The SMILES string of the molecule is O=C1N(OCc2ccccc2)CC1(c1ccccc1)c1ccccc1. The molecule has 3 heteroatoms. The Morgan fingerprint density at radius 2 is 1.24 bits per heavy atom. The maximum absolute atomic E-state index is 13.1. The predicted molar refractivity (Wildman–Crippen MR) is 96.6 cm³/mol. The summed E-state index contributed by atoms with van der Waals surface area (Å²) in [5.41, 5.74) is 2.41. The molecule has 124 valence electrons. The average molecular weight is 329 g/mol. The Morgan fingerprint density at radius 3 is 1.72 bits per heavy atom. The average Bonchev–Trinajstić information content (AvgIpc) is 2.69. The summed E-state index contributed by atoms with van der Waals surface area (Å²) in [4.78, 5) is 18.9. The topological polar surface area (TPSA) is 29.5 Å². The molecule has 0 saturated carbocycles. The Kier molecular flexibility index (Phi) is 4.08. The molecule has 1 amide bonds. The molecule has 25 heavy (non-hydrogen) atoms. The highest BCUT2D eigenvalue weighted by molar-refractivity contribution is 5.97. The third-order valence-corrected chi connectivity index (χ3v) is 4.74. The van der Waals surface area contributed by atoms with Crippen LogP contribution in [0.1, 0.15) is 16.7 Å². The van der Waals surface area contributed by atoms with Gasteiger partial charge in [-0.15, -0.1) is 0 Å². The Morgan fingerprint density at radius 1 is 0.760 bits per heavy atom. The van der Waals surface area contributed by atoms with Crippen LogP contribution in [0.25, 0.3) is 0 Å². The fourth-order valence-corrected chi connectivity index (χ4v) is 3.35. The lowest BCUT2D eigenvalue weighted by Crippen LogP contribution is -2.64. The van der Waals surface area contributed by atoms with E-state index >= 15 is 0 Å². The van der Waals surface area contributed by atoms with Crippen molar-refractivity contribution in [2.75, 3.05) is 6.54 Å². The van der Waals surface area contributed by atoms with Gasteiger partial charge < -0.3 is 0 Å². The summed E-state index contributed by atoms with van der Waals surface area (Å²) in [6, 6.07) is 29.8. The summed E-state index contributed by atoms with van der Waals surface area (Å²) in [5.74, 6) is -0.0131. The van der Waals surface area contributed by atoms with Crippen LogP contribution in [-0.4, -0.2) is 17.5 Å². The molecule has 3 aromatic carbocycles. The first-order chi connectivity index (χ1) is 12.3. The lowest BCUT2D eigenvalue weighted by molar-refractivity contribution is -0.226. The molecular weight excluding hydrogens is 310 g/mol. The summed E-state index contributed by atoms with van der Waals surface area (Å²) in [7, 11) is 0. The number of benzene rings is 3. The first-order valence-electron chi connectivity index (χ1n) is 8.40. The third-order valence-electron chi connectivity index (χ3n) is 4.74. The zero-order chi connectivity index (χ0) is 17.1. The van der Waals surface area contributed by atoms with Gasteiger partial charge in [-0.3, -0.25) is 9.63 Å². The van der Waals surface area contributed by atoms with Gasteiger partial charge in [-0.25, -0.2) is 5.06 Å². The fraction of sp³-hybridized carbons (Fsp3) is 0.136. The quantitative estimate of drug-likeness (QED) is 0.664. The number of nitrogens with zero attached hydrogens (tertiary/aromatic N) is 1. The van der Waals surface area contributed by atoms with Crippen LogP contribution >= 0.6 is 0 Å². The minimum Gasteiger partial charge on any atom is -0.271 e. The van der Waals surface area contributed by atoms with E-state index in [2.05, 4.69) is 0 Å². The van der Waals surface area contributed by atoms with Crippen molar-refractivity contribution in [2.45, 2.75) is 12.0 Å². The number of β-lactam (4-membered cyclic amide) rings is 1. The minimum absolute atomic E-state index is 0.0131. The minimum atomic E-state index is -0.654. The number of rotatable bonds is 5. The van der Waals surface area contributed by atoms with Crippen LogP contribution in [0.3, 0.4) is 0 Å². The van der Waals surface area contributed by atoms with Gasteiger partial charge in [0.05, 0.1) is 6.54 Å². The van der Waals surface area contributed by atoms with Crippen molar-refractivity contribution in [1.29, 1.82) is 0 Å². The molecule has 0 spiro atoms. The molecule has 3 aromatic rings. The van der Waals surface area contributed by atoms with E-state index in [1.807, 2.05) is 91.0 Å². The Labute approximate surface area is 147 Å². The van der Waals surface area contributed by atoms with E-state index in [1.165, 1.54) is 5.06 Å². The highest BCUT2D eigenvalue weighted by Gasteiger charge is 2.55. The van der Waals surface area contributed by atoms with Gasteiger partial charge in [0.2, 0.25) is 0 Å². The van der Waals surface area contributed by atoms with Gasteiger partial charge in [-0.05, 0) is 16.7 Å². The van der Waals surface area contributed by atoms with Crippen molar-refractivity contribution in [1.82, 2.24) is 5.06 Å². The normalized spacial score (nSPS) is 15.7. The number of carbonyl (C=O) groups excluding carboxylic acids is 1. The van der Waals surface area contributed by atoms with E-state index < -0.39 is 5.41 Å². The van der Waals surface area contributed by atoms with E-state index in [1.54, 1.807) is 0 Å². The fourth-order valence-electron chi connectivity index (χ4n) is 3.35. The number of hydrogen-bond acceptors (Lipinski definition) is 2. The molecule has 0 bridgehead atoms. The largest absolute Gasteiger partial charge is 0.271 e. The van der Waals surface area contributed by atoms with Crippen LogP contribution in [-0.2, 0) is 21.7 Å². The van der Waals surface area contributed by atoms with Gasteiger partial charge >= 0.3 is 0 Å². The summed E-state index contributed by atoms with van der Waals surface area (Å²) in [6.45, 7) is 0.916. The first kappa shape index (κ1) is 15.6. The van der Waals surface area contributed by atoms with Crippen LogP contribution in [0, 0.1) is 0 Å². The highest BCUT2D eigenvalue weighted by Crippen LogP contribution is 2.42. The summed E-state index contributed by atoms with van der Waals surface area (Å²) < 4.78 is 0. The summed E-state index contributed by atoms with van der Waals surface area (Å²) in [5, 5.41) is 1.48. The molecule has 0 radical (unpaired) electrons. The Bertz CT molecular complexity index is 807. The van der Waals surface area contributed by atoms with E-state index in [-0.39, 0.29) is 5.91 Å². The highest BCUT2D eigenvalue weighted by atomic mass is 16.7. The van der Waals surface area contributed by atoms with Crippen LogP contribution < -0.4 is 0 Å².